The minimum atomic E-state index is -0.267. The maximum atomic E-state index is 12.9. The van der Waals surface area contributed by atoms with E-state index >= 15 is 0 Å². The molecule has 0 saturated carbocycles. The number of nitrogens with one attached hydrogen (secondary N) is 1. The average Bonchev–Trinajstić information content (AvgIpc) is 3.23. The molecule has 2 aromatic heterocycles. The summed E-state index contributed by atoms with van der Waals surface area (Å²) in [6.07, 6.45) is 12.2. The molecular formula is C23H27N5O3. The lowest BCUT2D eigenvalue weighted by Crippen LogP contribution is -2.25. The van der Waals surface area contributed by atoms with Gasteiger partial charge in [0.2, 0.25) is 11.6 Å². The van der Waals surface area contributed by atoms with Crippen molar-refractivity contribution in [2.24, 2.45) is 0 Å². The maximum absolute atomic E-state index is 12.9. The fourth-order valence-corrected chi connectivity index (χ4v) is 3.86. The van der Waals surface area contributed by atoms with Crippen LogP contribution in [0.25, 0.3) is 11.3 Å². The minimum Gasteiger partial charge on any atom is -0.497 e. The molecule has 4 rings (SSSR count). The number of benzene rings is 1. The third-order valence-electron chi connectivity index (χ3n) is 5.62. The Hall–Kier alpha value is -3.42. The molecule has 0 fully saturated rings. The van der Waals surface area contributed by atoms with Gasteiger partial charge in [-0.2, -0.15) is 0 Å². The molecule has 31 heavy (non-hydrogen) atoms. The lowest BCUT2D eigenvalue weighted by Gasteiger charge is -2.12. The number of ether oxygens (including phenoxy) is 1. The van der Waals surface area contributed by atoms with Crippen LogP contribution >= 0.6 is 0 Å². The fourth-order valence-electron chi connectivity index (χ4n) is 3.86. The number of aryl methyl sites for hydroxylation is 1. The molecule has 1 N–H and O–H groups in total. The second-order valence-corrected chi connectivity index (χ2v) is 7.69. The van der Waals surface area contributed by atoms with Crippen LogP contribution in [-0.4, -0.2) is 38.7 Å². The zero-order valence-electron chi connectivity index (χ0n) is 17.7. The number of methoxy groups -OCH3 is 1. The van der Waals surface area contributed by atoms with E-state index < -0.39 is 0 Å². The summed E-state index contributed by atoms with van der Waals surface area (Å²) in [4.78, 5) is 25.1. The molecule has 0 aliphatic heterocycles. The predicted molar refractivity (Wildman–Crippen MR) is 118 cm³/mol. The van der Waals surface area contributed by atoms with Crippen molar-refractivity contribution < 1.29 is 9.53 Å². The molecular weight excluding hydrogens is 394 g/mol. The summed E-state index contributed by atoms with van der Waals surface area (Å²) in [6, 6.07) is 7.21. The van der Waals surface area contributed by atoms with E-state index in [0.29, 0.717) is 30.9 Å². The van der Waals surface area contributed by atoms with Crippen LogP contribution in [0.2, 0.25) is 0 Å². The highest BCUT2D eigenvalue weighted by Gasteiger charge is 2.13. The van der Waals surface area contributed by atoms with E-state index in [1.807, 2.05) is 12.1 Å². The number of allylic oxidation sites excluding steroid dienone is 1. The Bertz CT molecular complexity index is 1140. The summed E-state index contributed by atoms with van der Waals surface area (Å²) in [5, 5.41) is 11.2. The highest BCUT2D eigenvalue weighted by atomic mass is 16.5. The number of fused-ring (bicyclic) bond motifs is 1. The monoisotopic (exact) mass is 421 g/mol. The van der Waals surface area contributed by atoms with Crippen LogP contribution in [0, 0.1) is 0 Å². The van der Waals surface area contributed by atoms with Crippen molar-refractivity contribution in [2.75, 3.05) is 13.7 Å². The van der Waals surface area contributed by atoms with Crippen molar-refractivity contribution in [3.05, 3.63) is 64.5 Å². The van der Waals surface area contributed by atoms with Crippen LogP contribution in [0.3, 0.4) is 0 Å². The maximum Gasteiger partial charge on any atom is 0.300 e. The largest absolute Gasteiger partial charge is 0.497 e. The van der Waals surface area contributed by atoms with Gasteiger partial charge in [-0.3, -0.25) is 18.6 Å². The molecule has 1 aliphatic rings. The third kappa shape index (κ3) is 4.84. The fraction of sp³-hybridized carbons (Fsp3) is 0.391. The Kier molecular flexibility index (Phi) is 6.45. The molecule has 8 heteroatoms. The minimum absolute atomic E-state index is 0.0141. The van der Waals surface area contributed by atoms with Gasteiger partial charge in [0.15, 0.2) is 0 Å². The van der Waals surface area contributed by atoms with Gasteiger partial charge < -0.3 is 10.1 Å². The number of carbonyl (C=O) groups is 1. The molecule has 0 unspecified atom stereocenters. The zero-order chi connectivity index (χ0) is 21.6. The SMILES string of the molecule is COc1ccc(-n2ccn3c(CCC(=O)NCCC4=CCCCC4)nnc3c2=O)cc1. The summed E-state index contributed by atoms with van der Waals surface area (Å²) in [6.45, 7) is 0.665. The number of aromatic nitrogens is 4. The van der Waals surface area contributed by atoms with Gasteiger partial charge >= 0.3 is 5.56 Å². The highest BCUT2D eigenvalue weighted by molar-refractivity contribution is 5.76. The van der Waals surface area contributed by atoms with Crippen molar-refractivity contribution in [1.82, 2.24) is 24.5 Å². The third-order valence-corrected chi connectivity index (χ3v) is 5.62. The van der Waals surface area contributed by atoms with Crippen LogP contribution in [-0.2, 0) is 11.2 Å². The normalized spacial score (nSPS) is 13.8. The number of rotatable bonds is 8. The van der Waals surface area contributed by atoms with Gasteiger partial charge in [-0.15, -0.1) is 10.2 Å². The van der Waals surface area contributed by atoms with Crippen molar-refractivity contribution in [1.29, 1.82) is 0 Å². The van der Waals surface area contributed by atoms with Crippen molar-refractivity contribution in [3.63, 3.8) is 0 Å². The molecule has 162 valence electrons. The van der Waals surface area contributed by atoms with Crippen molar-refractivity contribution >= 4 is 11.6 Å². The van der Waals surface area contributed by atoms with Gasteiger partial charge in [-0.25, -0.2) is 0 Å². The topological polar surface area (TPSA) is 90.5 Å². The summed E-state index contributed by atoms with van der Waals surface area (Å²) >= 11 is 0. The number of nitrogens with zero attached hydrogens (tertiary/aromatic N) is 4. The quantitative estimate of drug-likeness (QED) is 0.565. The molecule has 1 aromatic carbocycles. The van der Waals surface area contributed by atoms with E-state index in [2.05, 4.69) is 21.6 Å². The van der Waals surface area contributed by atoms with Gasteiger partial charge in [0.05, 0.1) is 7.11 Å². The average molecular weight is 422 g/mol. The van der Waals surface area contributed by atoms with E-state index in [9.17, 15) is 9.59 Å². The summed E-state index contributed by atoms with van der Waals surface area (Å²) < 4.78 is 8.33. The first kappa shape index (κ1) is 20.8. The number of amides is 1. The van der Waals surface area contributed by atoms with Crippen LogP contribution in [0.15, 0.2) is 53.1 Å². The Balaban J connectivity index is 1.38. The molecule has 0 atom stereocenters. The van der Waals surface area contributed by atoms with Gasteiger partial charge in [0, 0.05) is 37.5 Å². The summed E-state index contributed by atoms with van der Waals surface area (Å²) in [7, 11) is 1.60. The Labute approximate surface area is 180 Å². The standard InChI is InChI=1S/C23H27N5O3/c1-31-19-9-7-18(8-10-19)27-15-16-28-20(25-26-22(28)23(27)30)11-12-21(29)24-14-13-17-5-3-2-4-6-17/h5,7-10,15-16H,2-4,6,11-14H2,1H3,(H,24,29). The first-order valence-corrected chi connectivity index (χ1v) is 10.7. The van der Waals surface area contributed by atoms with Crippen molar-refractivity contribution in [2.45, 2.75) is 44.9 Å². The summed E-state index contributed by atoms with van der Waals surface area (Å²) in [5.74, 6) is 1.30. The molecule has 3 aromatic rings. The number of carbonyl (C=O) groups excluding carboxylic acids is 1. The Morgan fingerprint density at radius 2 is 1.97 bits per heavy atom. The molecule has 8 nitrogen and oxygen atoms in total. The van der Waals surface area contributed by atoms with Crippen LogP contribution < -0.4 is 15.6 Å². The van der Waals surface area contributed by atoms with Gasteiger partial charge in [-0.1, -0.05) is 11.6 Å². The highest BCUT2D eigenvalue weighted by Crippen LogP contribution is 2.19. The molecule has 1 amide bonds. The second-order valence-electron chi connectivity index (χ2n) is 7.69. The summed E-state index contributed by atoms with van der Waals surface area (Å²) in [5.41, 5.74) is 2.13. The first-order valence-electron chi connectivity index (χ1n) is 10.7. The van der Waals surface area contributed by atoms with E-state index in [4.69, 9.17) is 4.74 Å². The van der Waals surface area contributed by atoms with E-state index in [1.54, 1.807) is 36.0 Å². The molecule has 0 radical (unpaired) electrons. The Morgan fingerprint density at radius 1 is 1.13 bits per heavy atom. The van der Waals surface area contributed by atoms with E-state index in [1.165, 1.54) is 23.0 Å². The Morgan fingerprint density at radius 3 is 2.71 bits per heavy atom. The van der Waals surface area contributed by atoms with Crippen LogP contribution in [0.1, 0.15) is 44.3 Å². The zero-order valence-corrected chi connectivity index (χ0v) is 17.7. The lowest BCUT2D eigenvalue weighted by atomic mass is 9.97. The lowest BCUT2D eigenvalue weighted by molar-refractivity contribution is -0.121. The van der Waals surface area contributed by atoms with Crippen LogP contribution in [0.5, 0.6) is 5.75 Å². The van der Waals surface area contributed by atoms with Crippen molar-refractivity contribution in [3.8, 4) is 11.4 Å². The molecule has 0 spiro atoms. The van der Waals surface area contributed by atoms with E-state index in [0.717, 1.165) is 25.0 Å². The number of hydrogen-bond acceptors (Lipinski definition) is 5. The molecule has 2 heterocycles. The van der Waals surface area contributed by atoms with Gasteiger partial charge in [-0.05, 0) is 56.4 Å². The van der Waals surface area contributed by atoms with Gasteiger partial charge in [0.25, 0.3) is 0 Å². The van der Waals surface area contributed by atoms with E-state index in [-0.39, 0.29) is 17.1 Å². The first-order chi connectivity index (χ1) is 15.2. The van der Waals surface area contributed by atoms with Gasteiger partial charge in [0.1, 0.15) is 11.6 Å². The molecule has 1 aliphatic carbocycles. The molecule has 0 saturated heterocycles. The van der Waals surface area contributed by atoms with Crippen LogP contribution in [0.4, 0.5) is 0 Å². The second kappa shape index (κ2) is 9.59. The number of hydrogen-bond donors (Lipinski definition) is 1. The smallest absolute Gasteiger partial charge is 0.300 e. The molecule has 0 bridgehead atoms. The predicted octanol–water partition coefficient (Wildman–Crippen LogP) is 2.83.